The Balaban J connectivity index is 2.20. The summed E-state index contributed by atoms with van der Waals surface area (Å²) >= 11 is 0. The van der Waals surface area contributed by atoms with Crippen LogP contribution in [0.5, 0.6) is 0 Å². The SMILES string of the molecule is C[C@@H]1CC2=C(CCCO2)[C@H](C)C1. The minimum atomic E-state index is 0.782. The van der Waals surface area contributed by atoms with E-state index >= 15 is 0 Å². The summed E-state index contributed by atoms with van der Waals surface area (Å²) in [4.78, 5) is 0. The van der Waals surface area contributed by atoms with Crippen molar-refractivity contribution in [3.8, 4) is 0 Å². The van der Waals surface area contributed by atoms with E-state index < -0.39 is 0 Å². The van der Waals surface area contributed by atoms with Crippen LogP contribution in [0.2, 0.25) is 0 Å². The molecular weight excluding hydrogens is 148 g/mol. The molecule has 0 unspecified atom stereocenters. The molecule has 0 spiro atoms. The molecule has 2 aliphatic rings. The topological polar surface area (TPSA) is 9.23 Å². The van der Waals surface area contributed by atoms with E-state index in [-0.39, 0.29) is 0 Å². The monoisotopic (exact) mass is 166 g/mol. The molecule has 0 aromatic carbocycles. The van der Waals surface area contributed by atoms with E-state index in [9.17, 15) is 0 Å². The molecule has 2 atom stereocenters. The molecule has 0 amide bonds. The van der Waals surface area contributed by atoms with E-state index in [1.807, 2.05) is 0 Å². The van der Waals surface area contributed by atoms with Crippen LogP contribution < -0.4 is 0 Å². The second kappa shape index (κ2) is 3.12. The van der Waals surface area contributed by atoms with Gasteiger partial charge in [0.25, 0.3) is 0 Å². The smallest absolute Gasteiger partial charge is 0.0957 e. The fourth-order valence-corrected chi connectivity index (χ4v) is 2.55. The number of allylic oxidation sites excluding steroid dienone is 2. The summed E-state index contributed by atoms with van der Waals surface area (Å²) in [6.07, 6.45) is 5.09. The maximum Gasteiger partial charge on any atom is 0.0957 e. The standard InChI is InChI=1S/C11H18O/c1-8-6-9(2)10-4-3-5-12-11(10)7-8/h8-9H,3-7H2,1-2H3/t8-,9+/m0/s1. The quantitative estimate of drug-likeness (QED) is 0.537. The average molecular weight is 166 g/mol. The van der Waals surface area contributed by atoms with Crippen molar-refractivity contribution in [3.05, 3.63) is 11.3 Å². The fraction of sp³-hybridized carbons (Fsp3) is 0.818. The lowest BCUT2D eigenvalue weighted by molar-refractivity contribution is 0.146. The van der Waals surface area contributed by atoms with Crippen LogP contribution in [0.15, 0.2) is 11.3 Å². The molecule has 1 heterocycles. The highest BCUT2D eigenvalue weighted by Gasteiger charge is 2.26. The van der Waals surface area contributed by atoms with Crippen LogP contribution in [-0.4, -0.2) is 6.61 Å². The highest BCUT2D eigenvalue weighted by Crippen LogP contribution is 2.38. The second-order valence-corrected chi connectivity index (χ2v) is 4.35. The lowest BCUT2D eigenvalue weighted by Gasteiger charge is -2.33. The van der Waals surface area contributed by atoms with E-state index in [1.165, 1.54) is 31.4 Å². The first-order valence-corrected chi connectivity index (χ1v) is 5.12. The van der Waals surface area contributed by atoms with E-state index in [1.54, 1.807) is 5.57 Å². The highest BCUT2D eigenvalue weighted by atomic mass is 16.5. The summed E-state index contributed by atoms with van der Waals surface area (Å²) < 4.78 is 5.70. The van der Waals surface area contributed by atoms with Gasteiger partial charge in [0.1, 0.15) is 0 Å². The van der Waals surface area contributed by atoms with Gasteiger partial charge in [-0.05, 0) is 36.7 Å². The molecule has 0 saturated carbocycles. The maximum absolute atomic E-state index is 5.70. The van der Waals surface area contributed by atoms with Gasteiger partial charge in [-0.15, -0.1) is 0 Å². The van der Waals surface area contributed by atoms with E-state index in [4.69, 9.17) is 4.74 Å². The van der Waals surface area contributed by atoms with Gasteiger partial charge >= 0.3 is 0 Å². The normalized spacial score (nSPS) is 35.8. The molecular formula is C11H18O. The lowest BCUT2D eigenvalue weighted by atomic mass is 9.79. The lowest BCUT2D eigenvalue weighted by Crippen LogP contribution is -2.20. The van der Waals surface area contributed by atoms with Crippen LogP contribution in [0.1, 0.15) is 39.5 Å². The zero-order chi connectivity index (χ0) is 8.55. The number of ether oxygens (including phenoxy) is 1. The zero-order valence-electron chi connectivity index (χ0n) is 8.10. The molecule has 0 N–H and O–H groups in total. The Labute approximate surface area is 74.8 Å². The summed E-state index contributed by atoms with van der Waals surface area (Å²) in [6, 6.07) is 0. The molecule has 0 aromatic heterocycles. The molecule has 0 saturated heterocycles. The molecule has 2 rings (SSSR count). The summed E-state index contributed by atoms with van der Waals surface area (Å²) in [7, 11) is 0. The first kappa shape index (κ1) is 8.15. The van der Waals surface area contributed by atoms with Crippen LogP contribution in [0.3, 0.4) is 0 Å². The van der Waals surface area contributed by atoms with Gasteiger partial charge in [-0.2, -0.15) is 0 Å². The molecule has 0 aromatic rings. The highest BCUT2D eigenvalue weighted by molar-refractivity contribution is 5.17. The van der Waals surface area contributed by atoms with Gasteiger partial charge in [-0.3, -0.25) is 0 Å². The Morgan fingerprint density at radius 2 is 2.17 bits per heavy atom. The largest absolute Gasteiger partial charge is 0.498 e. The average Bonchev–Trinajstić information content (AvgIpc) is 2.04. The maximum atomic E-state index is 5.70. The summed E-state index contributed by atoms with van der Waals surface area (Å²) in [5, 5.41) is 0. The van der Waals surface area contributed by atoms with Crippen molar-refractivity contribution in [3.63, 3.8) is 0 Å². The van der Waals surface area contributed by atoms with Crippen LogP contribution in [0, 0.1) is 11.8 Å². The Kier molecular flexibility index (Phi) is 2.12. The van der Waals surface area contributed by atoms with E-state index in [0.29, 0.717) is 0 Å². The van der Waals surface area contributed by atoms with Gasteiger partial charge in [0.15, 0.2) is 0 Å². The molecule has 0 bridgehead atoms. The third kappa shape index (κ3) is 1.37. The van der Waals surface area contributed by atoms with Crippen LogP contribution in [0.4, 0.5) is 0 Å². The van der Waals surface area contributed by atoms with E-state index in [0.717, 1.165) is 18.4 Å². The van der Waals surface area contributed by atoms with Gasteiger partial charge in [-0.1, -0.05) is 13.8 Å². The molecule has 1 heteroatoms. The van der Waals surface area contributed by atoms with Gasteiger partial charge in [0.05, 0.1) is 12.4 Å². The Hall–Kier alpha value is -0.460. The third-order valence-electron chi connectivity index (χ3n) is 3.11. The van der Waals surface area contributed by atoms with Crippen molar-refractivity contribution < 1.29 is 4.74 Å². The summed E-state index contributed by atoms with van der Waals surface area (Å²) in [5.74, 6) is 2.95. The second-order valence-electron chi connectivity index (χ2n) is 4.35. The molecule has 68 valence electrons. The molecule has 0 fully saturated rings. The molecule has 1 nitrogen and oxygen atoms in total. The van der Waals surface area contributed by atoms with Crippen molar-refractivity contribution >= 4 is 0 Å². The van der Waals surface area contributed by atoms with Crippen molar-refractivity contribution in [1.29, 1.82) is 0 Å². The van der Waals surface area contributed by atoms with Crippen molar-refractivity contribution in [1.82, 2.24) is 0 Å². The van der Waals surface area contributed by atoms with Crippen molar-refractivity contribution in [2.45, 2.75) is 39.5 Å². The van der Waals surface area contributed by atoms with Gasteiger partial charge in [-0.25, -0.2) is 0 Å². The first-order chi connectivity index (χ1) is 5.77. The van der Waals surface area contributed by atoms with Crippen molar-refractivity contribution in [2.75, 3.05) is 6.61 Å². The van der Waals surface area contributed by atoms with Crippen LogP contribution in [-0.2, 0) is 4.74 Å². The predicted molar refractivity (Wildman–Crippen MR) is 49.8 cm³/mol. The van der Waals surface area contributed by atoms with Crippen molar-refractivity contribution in [2.24, 2.45) is 11.8 Å². The third-order valence-corrected chi connectivity index (χ3v) is 3.11. The fourth-order valence-electron chi connectivity index (χ4n) is 2.55. The molecule has 1 aliphatic heterocycles. The van der Waals surface area contributed by atoms with Crippen LogP contribution >= 0.6 is 0 Å². The minimum absolute atomic E-state index is 0.782. The Bertz CT molecular complexity index is 205. The number of hydrogen-bond donors (Lipinski definition) is 0. The Morgan fingerprint density at radius 3 is 3.00 bits per heavy atom. The first-order valence-electron chi connectivity index (χ1n) is 5.12. The molecule has 12 heavy (non-hydrogen) atoms. The van der Waals surface area contributed by atoms with Crippen LogP contribution in [0.25, 0.3) is 0 Å². The summed E-state index contributed by atoms with van der Waals surface area (Å²) in [6.45, 7) is 5.64. The predicted octanol–water partition coefficient (Wildman–Crippen LogP) is 3.12. The zero-order valence-corrected chi connectivity index (χ0v) is 8.10. The molecule has 1 aliphatic carbocycles. The van der Waals surface area contributed by atoms with Gasteiger partial charge in [0, 0.05) is 6.42 Å². The van der Waals surface area contributed by atoms with Gasteiger partial charge < -0.3 is 4.74 Å². The number of rotatable bonds is 0. The van der Waals surface area contributed by atoms with E-state index in [2.05, 4.69) is 13.8 Å². The minimum Gasteiger partial charge on any atom is -0.498 e. The van der Waals surface area contributed by atoms with Gasteiger partial charge in [0.2, 0.25) is 0 Å². The number of hydrogen-bond acceptors (Lipinski definition) is 1. The summed E-state index contributed by atoms with van der Waals surface area (Å²) in [5.41, 5.74) is 1.62. The Morgan fingerprint density at radius 1 is 1.33 bits per heavy atom. The molecule has 0 radical (unpaired) electrons.